The van der Waals surface area contributed by atoms with Gasteiger partial charge < -0.3 is 29.7 Å². The van der Waals surface area contributed by atoms with Crippen LogP contribution in [0, 0.1) is 24.7 Å². The molecule has 4 aliphatic heterocycles. The molecule has 2 N–H and O–H groups in total. The first-order valence-electron chi connectivity index (χ1n) is 16.1. The summed E-state index contributed by atoms with van der Waals surface area (Å²) in [5.74, 6) is -3.97. The van der Waals surface area contributed by atoms with Crippen LogP contribution < -0.4 is 10.2 Å². The molecule has 0 aliphatic carbocycles. The molecule has 0 aromatic heterocycles. The van der Waals surface area contributed by atoms with Crippen molar-refractivity contribution in [1.29, 1.82) is 0 Å². The second kappa shape index (κ2) is 13.3. The van der Waals surface area contributed by atoms with Crippen molar-refractivity contribution in [3.63, 3.8) is 0 Å². The first-order chi connectivity index (χ1) is 22.6. The van der Waals surface area contributed by atoms with E-state index in [9.17, 15) is 19.5 Å². The van der Waals surface area contributed by atoms with Gasteiger partial charge in [-0.05, 0) is 36.5 Å². The van der Waals surface area contributed by atoms with Crippen LogP contribution in [0.15, 0.2) is 72.8 Å². The maximum atomic E-state index is 15.1. The van der Waals surface area contributed by atoms with Crippen LogP contribution in [0.25, 0.3) is 0 Å². The van der Waals surface area contributed by atoms with Crippen molar-refractivity contribution in [2.45, 2.75) is 63.4 Å². The second-order valence-electron chi connectivity index (χ2n) is 13.0. The minimum atomic E-state index is -1.46. The SMILES string of the molecule is Cc1cccc(Cl)c1N1C/C=C\CCC(=O)OC[C@H](c2ccccc2)NC(=O)[C@@H]2[C@H]3C(=O)N([C@@H](CO)C(C)C)[C@H](C1=O)[C@]31C=C[C@H]2O1. The molecule has 6 rings (SSSR count). The van der Waals surface area contributed by atoms with Crippen molar-refractivity contribution in [2.24, 2.45) is 17.8 Å². The van der Waals surface area contributed by atoms with Crippen molar-refractivity contribution in [3.05, 3.63) is 89.0 Å². The fourth-order valence-electron chi connectivity index (χ4n) is 7.49. The number of carbonyl (C=O) groups is 4. The zero-order valence-corrected chi connectivity index (χ0v) is 27.4. The molecule has 2 aromatic rings. The number of carbonyl (C=O) groups excluding carboxylic acids is 4. The Kier molecular flexibility index (Phi) is 9.29. The summed E-state index contributed by atoms with van der Waals surface area (Å²) in [6.45, 7) is 5.22. The van der Waals surface area contributed by atoms with Gasteiger partial charge in [0.05, 0.1) is 47.3 Å². The smallest absolute Gasteiger partial charge is 0.306 e. The lowest BCUT2D eigenvalue weighted by Gasteiger charge is -2.40. The summed E-state index contributed by atoms with van der Waals surface area (Å²) >= 11 is 6.73. The van der Waals surface area contributed by atoms with E-state index in [1.165, 1.54) is 9.80 Å². The third-order valence-corrected chi connectivity index (χ3v) is 10.1. The van der Waals surface area contributed by atoms with Crippen molar-refractivity contribution >= 4 is 41.0 Å². The molecule has 0 radical (unpaired) electrons. The number of hydrogen-bond acceptors (Lipinski definition) is 7. The third-order valence-electron chi connectivity index (χ3n) is 9.79. The summed E-state index contributed by atoms with van der Waals surface area (Å²) in [6, 6.07) is 11.9. The van der Waals surface area contributed by atoms with Crippen molar-refractivity contribution < 1.29 is 33.8 Å². The van der Waals surface area contributed by atoms with E-state index in [0.717, 1.165) is 11.1 Å². The monoisotopic (exact) mass is 661 g/mol. The Labute approximate surface area is 279 Å². The summed E-state index contributed by atoms with van der Waals surface area (Å²) in [4.78, 5) is 59.6. The fourth-order valence-corrected chi connectivity index (χ4v) is 7.81. The van der Waals surface area contributed by atoms with Gasteiger partial charge >= 0.3 is 5.97 Å². The molecule has 0 unspecified atom stereocenters. The number of amides is 3. The number of hydrogen-bond donors (Lipinski definition) is 2. The van der Waals surface area contributed by atoms with Gasteiger partial charge in [0.25, 0.3) is 5.91 Å². The van der Waals surface area contributed by atoms with E-state index in [-0.39, 0.29) is 32.1 Å². The lowest BCUT2D eigenvalue weighted by molar-refractivity contribution is -0.147. The van der Waals surface area contributed by atoms with Gasteiger partial charge in [-0.1, -0.05) is 92.2 Å². The van der Waals surface area contributed by atoms with Crippen LogP contribution in [-0.2, 0) is 28.7 Å². The molecule has 248 valence electrons. The second-order valence-corrected chi connectivity index (χ2v) is 13.4. The van der Waals surface area contributed by atoms with E-state index in [2.05, 4.69) is 5.32 Å². The molecular weight excluding hydrogens is 622 g/mol. The molecule has 2 aromatic carbocycles. The Hall–Kier alpha value is -3.99. The highest BCUT2D eigenvalue weighted by Crippen LogP contribution is 2.56. The Bertz CT molecular complexity index is 1590. The molecule has 5 bridgehead atoms. The molecule has 1 spiro atoms. The molecule has 4 aliphatic rings. The lowest BCUT2D eigenvalue weighted by Crippen LogP contribution is -2.59. The normalized spacial score (nSPS) is 30.8. The number of anilines is 1. The number of fused-ring (bicyclic) bond motifs is 2. The Morgan fingerprint density at radius 3 is 2.51 bits per heavy atom. The molecule has 10 nitrogen and oxygen atoms in total. The third kappa shape index (κ3) is 5.76. The van der Waals surface area contributed by atoms with Gasteiger partial charge in [-0.2, -0.15) is 0 Å². The fraction of sp³-hybridized carbons (Fsp3) is 0.444. The molecule has 7 atom stereocenters. The average molecular weight is 662 g/mol. The molecule has 4 heterocycles. The summed E-state index contributed by atoms with van der Waals surface area (Å²) < 4.78 is 12.2. The number of para-hydroxylation sites is 1. The van der Waals surface area contributed by atoms with Crippen LogP contribution in [0.5, 0.6) is 0 Å². The lowest BCUT2D eigenvalue weighted by atomic mass is 9.74. The van der Waals surface area contributed by atoms with Crippen LogP contribution in [0.4, 0.5) is 5.69 Å². The topological polar surface area (TPSA) is 125 Å². The van der Waals surface area contributed by atoms with Crippen molar-refractivity contribution in [1.82, 2.24) is 10.2 Å². The molecule has 2 fully saturated rings. The van der Waals surface area contributed by atoms with Gasteiger partial charge in [-0.15, -0.1) is 0 Å². The predicted octanol–water partition coefficient (Wildman–Crippen LogP) is 3.90. The number of aliphatic hydroxyl groups is 1. The van der Waals surface area contributed by atoms with Gasteiger partial charge in [0.2, 0.25) is 11.8 Å². The minimum Gasteiger partial charge on any atom is -0.463 e. The zero-order chi connectivity index (χ0) is 33.5. The molecular formula is C36H40ClN3O7. The van der Waals surface area contributed by atoms with Gasteiger partial charge in [0.15, 0.2) is 0 Å². The summed E-state index contributed by atoms with van der Waals surface area (Å²) in [7, 11) is 0. The predicted molar refractivity (Wildman–Crippen MR) is 175 cm³/mol. The van der Waals surface area contributed by atoms with Crippen molar-refractivity contribution in [2.75, 3.05) is 24.7 Å². The van der Waals surface area contributed by atoms with Gasteiger partial charge in [0.1, 0.15) is 18.2 Å². The molecule has 11 heteroatoms. The maximum absolute atomic E-state index is 15.1. The van der Waals surface area contributed by atoms with Crippen LogP contribution in [0.3, 0.4) is 0 Å². The van der Waals surface area contributed by atoms with Crippen LogP contribution in [-0.4, -0.2) is 77.2 Å². The van der Waals surface area contributed by atoms with Crippen LogP contribution in [0.1, 0.15) is 43.9 Å². The molecule has 3 amide bonds. The van der Waals surface area contributed by atoms with E-state index in [1.54, 1.807) is 36.4 Å². The number of likely N-dealkylation sites (tertiary alicyclic amines) is 1. The Balaban J connectivity index is 1.49. The van der Waals surface area contributed by atoms with Gasteiger partial charge in [-0.3, -0.25) is 19.2 Å². The molecule has 47 heavy (non-hydrogen) atoms. The van der Waals surface area contributed by atoms with E-state index < -0.39 is 65.4 Å². The number of rotatable bonds is 5. The summed E-state index contributed by atoms with van der Waals surface area (Å²) in [6.07, 6.45) is 6.80. The summed E-state index contributed by atoms with van der Waals surface area (Å²) in [5, 5.41) is 14.0. The minimum absolute atomic E-state index is 0.0936. The number of benzene rings is 2. The van der Waals surface area contributed by atoms with Crippen molar-refractivity contribution in [3.8, 4) is 0 Å². The number of halogens is 1. The molecule has 0 saturated carbocycles. The highest BCUT2D eigenvalue weighted by atomic mass is 35.5. The number of aryl methyl sites for hydroxylation is 1. The number of allylic oxidation sites excluding steroid dienone is 1. The zero-order valence-electron chi connectivity index (χ0n) is 26.7. The first kappa shape index (κ1) is 32.9. The van der Waals surface area contributed by atoms with Crippen LogP contribution >= 0.6 is 11.6 Å². The number of aliphatic hydroxyl groups excluding tert-OH is 1. The average Bonchev–Trinajstić information content (AvgIpc) is 3.69. The Morgan fingerprint density at radius 2 is 1.81 bits per heavy atom. The van der Waals surface area contributed by atoms with Crippen LogP contribution in [0.2, 0.25) is 5.02 Å². The van der Waals surface area contributed by atoms with Gasteiger partial charge in [0, 0.05) is 13.0 Å². The van der Waals surface area contributed by atoms with E-state index in [4.69, 9.17) is 21.1 Å². The van der Waals surface area contributed by atoms with E-state index >= 15 is 4.79 Å². The number of nitrogens with zero attached hydrogens (tertiary/aromatic N) is 2. The van der Waals surface area contributed by atoms with Gasteiger partial charge in [-0.25, -0.2) is 0 Å². The number of cyclic esters (lactones) is 1. The Morgan fingerprint density at radius 1 is 1.04 bits per heavy atom. The largest absolute Gasteiger partial charge is 0.463 e. The summed E-state index contributed by atoms with van der Waals surface area (Å²) in [5.41, 5.74) is 0.509. The van der Waals surface area contributed by atoms with E-state index in [0.29, 0.717) is 17.1 Å². The number of ether oxygens (including phenoxy) is 2. The highest BCUT2D eigenvalue weighted by molar-refractivity contribution is 6.34. The van der Waals surface area contributed by atoms with E-state index in [1.807, 2.05) is 57.2 Å². The highest BCUT2D eigenvalue weighted by Gasteiger charge is 2.74. The quantitative estimate of drug-likeness (QED) is 0.368. The molecule has 2 saturated heterocycles. The number of esters is 1. The number of nitrogens with one attached hydrogen (secondary N) is 1. The standard InChI is InChI=1S/C36H40ClN3O7/c1-21(2)26(19-41)40-32-35(45)39(31-22(3)11-10-14-24(31)37)18-9-5-8-15-28(42)46-20-25(23-12-6-4-7-13-23)38-33(43)29-27-16-17-36(32,47-27)30(29)34(40)44/h4-7,9-14,16-17,21,25-27,29-30,32,41H,8,15,18-20H2,1-3H3,(H,38,43)/b9-5-/t25-,26+,27-,29+,30+,32-,36+/m1/s1. The maximum Gasteiger partial charge on any atom is 0.306 e. The first-order valence-corrected chi connectivity index (χ1v) is 16.5.